The van der Waals surface area contributed by atoms with Crippen LogP contribution in [-0.4, -0.2) is 10.9 Å². The average molecular weight is 287 g/mol. The summed E-state index contributed by atoms with van der Waals surface area (Å²) in [5.74, 6) is -0.165. The molecule has 114 valence electrons. The van der Waals surface area contributed by atoms with Gasteiger partial charge in [-0.1, -0.05) is 39.7 Å². The van der Waals surface area contributed by atoms with E-state index in [2.05, 4.69) is 23.3 Å². The third kappa shape index (κ3) is 4.29. The molecule has 0 aromatic carbocycles. The smallest absolute Gasteiger partial charge is 0.240 e. The predicted molar refractivity (Wildman–Crippen MR) is 83.3 cm³/mol. The standard InChI is InChI=1S/C17H25N3O/c1-4-9-17(13-18,10-5-2)16(21)20-12-15-14(6-3)8-7-11-19-15/h7-8,11H,4-6,9-10,12H2,1-3H3,(H,20,21). The molecule has 0 atom stereocenters. The monoisotopic (exact) mass is 287 g/mol. The van der Waals surface area contributed by atoms with Gasteiger partial charge in [0, 0.05) is 6.20 Å². The maximum atomic E-state index is 12.5. The van der Waals surface area contributed by atoms with Crippen LogP contribution in [0, 0.1) is 16.7 Å². The number of nitriles is 1. The highest BCUT2D eigenvalue weighted by Crippen LogP contribution is 2.29. The molecule has 4 nitrogen and oxygen atoms in total. The molecule has 0 aliphatic carbocycles. The lowest BCUT2D eigenvalue weighted by Crippen LogP contribution is -2.40. The number of aromatic nitrogens is 1. The summed E-state index contributed by atoms with van der Waals surface area (Å²) in [5, 5.41) is 12.4. The molecule has 0 fully saturated rings. The molecule has 0 aliphatic rings. The van der Waals surface area contributed by atoms with Crippen molar-refractivity contribution >= 4 is 5.91 Å². The van der Waals surface area contributed by atoms with Crippen molar-refractivity contribution < 1.29 is 4.79 Å². The van der Waals surface area contributed by atoms with E-state index in [1.807, 2.05) is 26.0 Å². The molecule has 0 spiro atoms. The van der Waals surface area contributed by atoms with Gasteiger partial charge >= 0.3 is 0 Å². The Balaban J connectivity index is 2.81. The second-order valence-corrected chi connectivity index (χ2v) is 5.34. The van der Waals surface area contributed by atoms with Crippen molar-refractivity contribution in [3.8, 4) is 6.07 Å². The minimum absolute atomic E-state index is 0.165. The van der Waals surface area contributed by atoms with E-state index in [1.165, 1.54) is 0 Å². The number of hydrogen-bond acceptors (Lipinski definition) is 3. The molecule has 1 aromatic heterocycles. The highest BCUT2D eigenvalue weighted by molar-refractivity contribution is 5.85. The van der Waals surface area contributed by atoms with Gasteiger partial charge in [-0.15, -0.1) is 0 Å². The molecule has 0 saturated heterocycles. The van der Waals surface area contributed by atoms with Crippen LogP contribution in [0.25, 0.3) is 0 Å². The number of amides is 1. The molecule has 0 radical (unpaired) electrons. The minimum Gasteiger partial charge on any atom is -0.349 e. The highest BCUT2D eigenvalue weighted by Gasteiger charge is 2.36. The summed E-state index contributed by atoms with van der Waals surface area (Å²) in [7, 11) is 0. The Morgan fingerprint density at radius 1 is 1.33 bits per heavy atom. The zero-order valence-corrected chi connectivity index (χ0v) is 13.3. The van der Waals surface area contributed by atoms with Gasteiger partial charge in [-0.25, -0.2) is 0 Å². The molecule has 0 aliphatic heterocycles. The molecule has 0 bridgehead atoms. The first-order valence-electron chi connectivity index (χ1n) is 7.75. The zero-order chi connectivity index (χ0) is 15.7. The van der Waals surface area contributed by atoms with E-state index in [-0.39, 0.29) is 5.91 Å². The first kappa shape index (κ1) is 17.2. The summed E-state index contributed by atoms with van der Waals surface area (Å²) in [6.45, 7) is 6.46. The summed E-state index contributed by atoms with van der Waals surface area (Å²) in [6.07, 6.45) is 5.47. The van der Waals surface area contributed by atoms with Crippen LogP contribution in [0.5, 0.6) is 0 Å². The van der Waals surface area contributed by atoms with Crippen LogP contribution in [0.15, 0.2) is 18.3 Å². The van der Waals surface area contributed by atoms with Crippen molar-refractivity contribution in [3.05, 3.63) is 29.6 Å². The van der Waals surface area contributed by atoms with E-state index >= 15 is 0 Å². The zero-order valence-electron chi connectivity index (χ0n) is 13.3. The Bertz CT molecular complexity index is 499. The number of nitrogens with one attached hydrogen (secondary N) is 1. The normalized spacial score (nSPS) is 11.0. The number of hydrogen-bond donors (Lipinski definition) is 1. The van der Waals surface area contributed by atoms with Crippen molar-refractivity contribution in [1.29, 1.82) is 5.26 Å². The maximum Gasteiger partial charge on any atom is 0.240 e. The Morgan fingerprint density at radius 2 is 2.00 bits per heavy atom. The third-order valence-corrected chi connectivity index (χ3v) is 3.78. The Kier molecular flexibility index (Phi) is 6.87. The third-order valence-electron chi connectivity index (χ3n) is 3.78. The summed E-state index contributed by atoms with van der Waals surface area (Å²) in [6, 6.07) is 6.17. The number of aryl methyl sites for hydroxylation is 1. The Morgan fingerprint density at radius 3 is 2.52 bits per heavy atom. The number of carbonyl (C=O) groups is 1. The first-order chi connectivity index (χ1) is 10.1. The van der Waals surface area contributed by atoms with E-state index in [0.717, 1.165) is 30.5 Å². The van der Waals surface area contributed by atoms with Gasteiger partial charge in [0.05, 0.1) is 18.3 Å². The molecule has 4 heteroatoms. The average Bonchev–Trinajstić information content (AvgIpc) is 2.52. The summed E-state index contributed by atoms with van der Waals surface area (Å²) in [5.41, 5.74) is 1.12. The molecule has 0 saturated carbocycles. The number of pyridine rings is 1. The fourth-order valence-corrected chi connectivity index (χ4v) is 2.65. The van der Waals surface area contributed by atoms with Gasteiger partial charge in [-0.05, 0) is 30.9 Å². The van der Waals surface area contributed by atoms with Crippen molar-refractivity contribution in [2.45, 2.75) is 59.4 Å². The fraction of sp³-hybridized carbons (Fsp3) is 0.588. The van der Waals surface area contributed by atoms with Crippen molar-refractivity contribution in [2.24, 2.45) is 5.41 Å². The fourth-order valence-electron chi connectivity index (χ4n) is 2.65. The lowest BCUT2D eigenvalue weighted by atomic mass is 9.80. The molecule has 21 heavy (non-hydrogen) atoms. The van der Waals surface area contributed by atoms with Crippen LogP contribution in [0.3, 0.4) is 0 Å². The lowest BCUT2D eigenvalue weighted by Gasteiger charge is -2.24. The number of rotatable bonds is 8. The van der Waals surface area contributed by atoms with Gasteiger partial charge in [0.1, 0.15) is 5.41 Å². The molecule has 1 amide bonds. The van der Waals surface area contributed by atoms with Gasteiger partial charge in [0.15, 0.2) is 0 Å². The second kappa shape index (κ2) is 8.41. The topological polar surface area (TPSA) is 65.8 Å². The Labute approximate surface area is 127 Å². The van der Waals surface area contributed by atoms with Crippen molar-refractivity contribution in [3.63, 3.8) is 0 Å². The molecule has 1 rings (SSSR count). The lowest BCUT2D eigenvalue weighted by molar-refractivity contribution is -0.129. The SMILES string of the molecule is CCCC(C#N)(CCC)C(=O)NCc1ncccc1CC. The largest absolute Gasteiger partial charge is 0.349 e. The maximum absolute atomic E-state index is 12.5. The van der Waals surface area contributed by atoms with Crippen LogP contribution in [0.4, 0.5) is 0 Å². The van der Waals surface area contributed by atoms with E-state index in [9.17, 15) is 10.1 Å². The predicted octanol–water partition coefficient (Wildman–Crippen LogP) is 3.37. The van der Waals surface area contributed by atoms with E-state index in [1.54, 1.807) is 6.20 Å². The summed E-state index contributed by atoms with van der Waals surface area (Å²) < 4.78 is 0. The summed E-state index contributed by atoms with van der Waals surface area (Å²) >= 11 is 0. The van der Waals surface area contributed by atoms with Gasteiger partial charge < -0.3 is 5.32 Å². The molecular weight excluding hydrogens is 262 g/mol. The molecule has 1 N–H and O–H groups in total. The first-order valence-corrected chi connectivity index (χ1v) is 7.75. The van der Waals surface area contributed by atoms with Crippen LogP contribution in [0.2, 0.25) is 0 Å². The molecule has 1 heterocycles. The summed E-state index contributed by atoms with van der Waals surface area (Å²) in [4.78, 5) is 16.8. The van der Waals surface area contributed by atoms with E-state index in [4.69, 9.17) is 0 Å². The molecule has 1 aromatic rings. The van der Waals surface area contributed by atoms with Gasteiger partial charge in [-0.3, -0.25) is 9.78 Å². The van der Waals surface area contributed by atoms with Gasteiger partial charge in [-0.2, -0.15) is 5.26 Å². The van der Waals surface area contributed by atoms with Crippen molar-refractivity contribution in [2.75, 3.05) is 0 Å². The van der Waals surface area contributed by atoms with Crippen LogP contribution in [0.1, 0.15) is 57.7 Å². The molecular formula is C17H25N3O. The van der Waals surface area contributed by atoms with Crippen LogP contribution >= 0.6 is 0 Å². The Hall–Kier alpha value is -1.89. The highest BCUT2D eigenvalue weighted by atomic mass is 16.2. The second-order valence-electron chi connectivity index (χ2n) is 5.34. The number of carbonyl (C=O) groups excluding carboxylic acids is 1. The molecule has 0 unspecified atom stereocenters. The van der Waals surface area contributed by atoms with Gasteiger partial charge in [0.25, 0.3) is 0 Å². The number of nitrogens with zero attached hydrogens (tertiary/aromatic N) is 2. The van der Waals surface area contributed by atoms with E-state index < -0.39 is 5.41 Å². The quantitative estimate of drug-likeness (QED) is 0.797. The minimum atomic E-state index is -0.898. The van der Waals surface area contributed by atoms with Gasteiger partial charge in [0.2, 0.25) is 5.91 Å². The van der Waals surface area contributed by atoms with E-state index in [0.29, 0.717) is 19.4 Å². The van der Waals surface area contributed by atoms with Crippen LogP contribution in [-0.2, 0) is 17.8 Å². The van der Waals surface area contributed by atoms with Crippen molar-refractivity contribution in [1.82, 2.24) is 10.3 Å². The van der Waals surface area contributed by atoms with Crippen LogP contribution < -0.4 is 5.32 Å².